The first kappa shape index (κ1) is 20.7. The Morgan fingerprint density at radius 3 is 2.60 bits per heavy atom. The monoisotopic (exact) mass is 435 g/mol. The third kappa shape index (κ3) is 3.66. The van der Waals surface area contributed by atoms with Gasteiger partial charge in [-0.05, 0) is 24.5 Å². The number of halogens is 3. The molecule has 0 amide bonds. The van der Waals surface area contributed by atoms with E-state index >= 15 is 0 Å². The number of ketones is 1. The van der Waals surface area contributed by atoms with E-state index in [2.05, 4.69) is 15.3 Å². The number of thioether (sulfide) groups is 1. The van der Waals surface area contributed by atoms with Crippen LogP contribution in [0.3, 0.4) is 0 Å². The summed E-state index contributed by atoms with van der Waals surface area (Å²) in [5.74, 6) is -1.13. The molecule has 0 fully saturated rings. The standard InChI is InChI=1S/C21H20F3N3O2S/c1-10(2)30-20-26-18-17(19(29)27-20)15(16-13(25-18)8-5-9-14(16)28)11-6-3-4-7-12(11)21(22,23)24/h3-4,6-7,10,15H,5,8-9H2,1-2H3,(H2,25,26,27,29)/t15-/m0/s1. The van der Waals surface area contributed by atoms with E-state index in [4.69, 9.17) is 0 Å². The number of allylic oxidation sites excluding steroid dienone is 2. The van der Waals surface area contributed by atoms with E-state index < -0.39 is 23.2 Å². The fraction of sp³-hybridized carbons (Fsp3) is 0.381. The minimum Gasteiger partial charge on any atom is -0.343 e. The second-order valence-electron chi connectivity index (χ2n) is 7.61. The van der Waals surface area contributed by atoms with Crippen LogP contribution in [0, 0.1) is 0 Å². The normalized spacial score (nSPS) is 18.9. The van der Waals surface area contributed by atoms with Crippen LogP contribution in [-0.2, 0) is 11.0 Å². The fourth-order valence-corrected chi connectivity index (χ4v) is 4.78. The summed E-state index contributed by atoms with van der Waals surface area (Å²) in [4.78, 5) is 33.0. The first-order valence-corrected chi connectivity index (χ1v) is 10.5. The highest BCUT2D eigenvalue weighted by atomic mass is 32.2. The molecule has 0 saturated carbocycles. The predicted molar refractivity (Wildman–Crippen MR) is 109 cm³/mol. The van der Waals surface area contributed by atoms with Crippen molar-refractivity contribution in [1.82, 2.24) is 9.97 Å². The molecule has 1 aliphatic carbocycles. The quantitative estimate of drug-likeness (QED) is 0.532. The largest absolute Gasteiger partial charge is 0.416 e. The summed E-state index contributed by atoms with van der Waals surface area (Å²) in [6.07, 6.45) is -3.25. The van der Waals surface area contributed by atoms with Gasteiger partial charge in [0.2, 0.25) is 0 Å². The smallest absolute Gasteiger partial charge is 0.343 e. The molecule has 0 unspecified atom stereocenters. The van der Waals surface area contributed by atoms with Crippen molar-refractivity contribution in [2.75, 3.05) is 5.32 Å². The Labute approximate surface area is 175 Å². The fourth-order valence-electron chi connectivity index (χ4n) is 4.04. The predicted octanol–water partition coefficient (Wildman–Crippen LogP) is 4.85. The van der Waals surface area contributed by atoms with Crippen molar-refractivity contribution in [2.45, 2.75) is 55.6 Å². The molecule has 0 saturated heterocycles. The lowest BCUT2D eigenvalue weighted by atomic mass is 9.75. The van der Waals surface area contributed by atoms with Crippen molar-refractivity contribution in [2.24, 2.45) is 0 Å². The van der Waals surface area contributed by atoms with Crippen molar-refractivity contribution in [1.29, 1.82) is 0 Å². The van der Waals surface area contributed by atoms with E-state index in [-0.39, 0.29) is 40.0 Å². The zero-order valence-electron chi connectivity index (χ0n) is 16.4. The van der Waals surface area contributed by atoms with Crippen LogP contribution in [0.15, 0.2) is 45.5 Å². The molecule has 30 heavy (non-hydrogen) atoms. The first-order valence-electron chi connectivity index (χ1n) is 9.67. The average molecular weight is 435 g/mol. The Kier molecular flexibility index (Phi) is 5.25. The van der Waals surface area contributed by atoms with E-state index in [0.717, 1.165) is 6.07 Å². The number of carbonyl (C=O) groups is 1. The maximum absolute atomic E-state index is 13.8. The van der Waals surface area contributed by atoms with Gasteiger partial charge in [0.05, 0.1) is 11.1 Å². The number of hydrogen-bond acceptors (Lipinski definition) is 5. The van der Waals surface area contributed by atoms with Gasteiger partial charge in [0, 0.05) is 28.9 Å². The molecule has 4 rings (SSSR count). The molecule has 2 aliphatic rings. The van der Waals surface area contributed by atoms with Crippen LogP contribution >= 0.6 is 11.8 Å². The van der Waals surface area contributed by atoms with E-state index in [1.165, 1.54) is 30.0 Å². The Balaban J connectivity index is 1.99. The highest BCUT2D eigenvalue weighted by Gasteiger charge is 2.42. The lowest BCUT2D eigenvalue weighted by molar-refractivity contribution is -0.138. The second kappa shape index (κ2) is 7.61. The zero-order valence-corrected chi connectivity index (χ0v) is 17.2. The maximum Gasteiger partial charge on any atom is 0.416 e. The van der Waals surface area contributed by atoms with Crippen molar-refractivity contribution >= 4 is 23.4 Å². The van der Waals surface area contributed by atoms with Gasteiger partial charge in [-0.25, -0.2) is 4.98 Å². The second-order valence-corrected chi connectivity index (χ2v) is 9.18. The average Bonchev–Trinajstić information content (AvgIpc) is 2.65. The number of H-pyrrole nitrogens is 1. The maximum atomic E-state index is 13.8. The van der Waals surface area contributed by atoms with Gasteiger partial charge in [-0.1, -0.05) is 43.8 Å². The molecule has 0 spiro atoms. The summed E-state index contributed by atoms with van der Waals surface area (Å²) in [6.45, 7) is 3.89. The minimum atomic E-state index is -4.62. The summed E-state index contributed by atoms with van der Waals surface area (Å²) >= 11 is 1.35. The summed E-state index contributed by atoms with van der Waals surface area (Å²) in [5.41, 5.74) is -0.655. The Morgan fingerprint density at radius 2 is 1.90 bits per heavy atom. The number of Topliss-reactive ketones (excluding diaryl/α,β-unsaturated/α-hetero) is 1. The van der Waals surface area contributed by atoms with E-state index in [1.807, 2.05) is 13.8 Å². The Hall–Kier alpha value is -2.55. The number of aromatic nitrogens is 2. The van der Waals surface area contributed by atoms with E-state index in [1.54, 1.807) is 0 Å². The van der Waals surface area contributed by atoms with E-state index in [9.17, 15) is 22.8 Å². The van der Waals surface area contributed by atoms with Gasteiger partial charge in [0.25, 0.3) is 5.56 Å². The van der Waals surface area contributed by atoms with Crippen LogP contribution in [-0.4, -0.2) is 21.0 Å². The third-order valence-corrected chi connectivity index (χ3v) is 6.05. The number of hydrogen-bond donors (Lipinski definition) is 2. The SMILES string of the molecule is CC(C)Sc1nc2c(c(=O)[nH]1)[C@@H](c1ccccc1C(F)(F)F)C1=C(CCCC1=O)N2. The van der Waals surface area contributed by atoms with E-state index in [0.29, 0.717) is 23.7 Å². The molecule has 1 aromatic heterocycles. The van der Waals surface area contributed by atoms with Gasteiger partial charge in [-0.3, -0.25) is 9.59 Å². The van der Waals surface area contributed by atoms with Crippen molar-refractivity contribution in [3.63, 3.8) is 0 Å². The summed E-state index contributed by atoms with van der Waals surface area (Å²) in [5, 5.41) is 3.61. The van der Waals surface area contributed by atoms with Crippen LogP contribution in [0.1, 0.15) is 55.7 Å². The molecule has 2 aromatic rings. The minimum absolute atomic E-state index is 0.0498. The first-order chi connectivity index (χ1) is 14.2. The van der Waals surface area contributed by atoms with Crippen molar-refractivity contribution in [3.8, 4) is 0 Å². The number of nitrogens with one attached hydrogen (secondary N) is 2. The highest BCUT2D eigenvalue weighted by Crippen LogP contribution is 2.46. The number of rotatable bonds is 3. The van der Waals surface area contributed by atoms with Crippen LogP contribution in [0.2, 0.25) is 0 Å². The van der Waals surface area contributed by atoms with Gasteiger partial charge >= 0.3 is 6.18 Å². The Morgan fingerprint density at radius 1 is 1.17 bits per heavy atom. The molecule has 0 bridgehead atoms. The molecule has 2 N–H and O–H groups in total. The van der Waals surface area contributed by atoms with Crippen LogP contribution in [0.4, 0.5) is 19.0 Å². The summed E-state index contributed by atoms with van der Waals surface area (Å²) in [6, 6.07) is 5.11. The number of fused-ring (bicyclic) bond motifs is 1. The Bertz CT molecular complexity index is 1110. The molecule has 1 aromatic carbocycles. The molecule has 1 aliphatic heterocycles. The highest BCUT2D eigenvalue weighted by molar-refractivity contribution is 7.99. The molecule has 1 atom stereocenters. The molecule has 158 valence electrons. The van der Waals surface area contributed by atoms with Crippen molar-refractivity contribution < 1.29 is 18.0 Å². The van der Waals surface area contributed by atoms with Gasteiger partial charge in [-0.15, -0.1) is 0 Å². The number of carbonyl (C=O) groups excluding carboxylic acids is 1. The number of anilines is 1. The number of benzene rings is 1. The molecule has 9 heteroatoms. The lowest BCUT2D eigenvalue weighted by Crippen LogP contribution is -2.33. The zero-order chi connectivity index (χ0) is 21.6. The number of alkyl halides is 3. The van der Waals surface area contributed by atoms with Crippen LogP contribution < -0.4 is 10.9 Å². The van der Waals surface area contributed by atoms with Gasteiger partial charge in [0.1, 0.15) is 5.82 Å². The number of aromatic amines is 1. The molecular weight excluding hydrogens is 415 g/mol. The molecular formula is C21H20F3N3O2S. The van der Waals surface area contributed by atoms with Crippen LogP contribution in [0.5, 0.6) is 0 Å². The van der Waals surface area contributed by atoms with Gasteiger partial charge in [0.15, 0.2) is 10.9 Å². The number of nitrogens with zero attached hydrogens (tertiary/aromatic N) is 1. The topological polar surface area (TPSA) is 74.8 Å². The molecule has 5 nitrogen and oxygen atoms in total. The summed E-state index contributed by atoms with van der Waals surface area (Å²) in [7, 11) is 0. The van der Waals surface area contributed by atoms with Crippen LogP contribution in [0.25, 0.3) is 0 Å². The molecule has 0 radical (unpaired) electrons. The summed E-state index contributed by atoms with van der Waals surface area (Å²) < 4.78 is 41.4. The lowest BCUT2D eigenvalue weighted by Gasteiger charge is -2.33. The molecule has 2 heterocycles. The van der Waals surface area contributed by atoms with Crippen molar-refractivity contribution in [3.05, 3.63) is 62.6 Å². The van der Waals surface area contributed by atoms with Gasteiger partial charge < -0.3 is 10.3 Å². The van der Waals surface area contributed by atoms with Gasteiger partial charge in [-0.2, -0.15) is 13.2 Å². The third-order valence-electron chi connectivity index (χ3n) is 5.16.